The first-order valence-corrected chi connectivity index (χ1v) is 9.37. The number of carbonyl (C=O) groups excluding carboxylic acids is 1. The van der Waals surface area contributed by atoms with E-state index >= 15 is 0 Å². The van der Waals surface area contributed by atoms with Gasteiger partial charge in [0.25, 0.3) is 11.4 Å². The molecule has 0 spiro atoms. The molecule has 0 amide bonds. The van der Waals surface area contributed by atoms with Gasteiger partial charge in [-0.15, -0.1) is 0 Å². The SMILES string of the molecule is CCOc1cccc2cc(-c3nc(-c4ccc(C)cc4)no3)/c(=N/OC(C)=O)oc12. The van der Waals surface area contributed by atoms with Gasteiger partial charge in [0.2, 0.25) is 5.82 Å². The Hall–Kier alpha value is -3.94. The number of nitrogens with zero attached hydrogens (tertiary/aromatic N) is 3. The first kappa shape index (κ1) is 19.4. The molecule has 0 unspecified atom stereocenters. The maximum atomic E-state index is 11.3. The van der Waals surface area contributed by atoms with Crippen molar-refractivity contribution in [1.29, 1.82) is 0 Å². The van der Waals surface area contributed by atoms with Crippen molar-refractivity contribution in [2.75, 3.05) is 6.61 Å². The molecule has 0 bridgehead atoms. The zero-order valence-electron chi connectivity index (χ0n) is 16.7. The van der Waals surface area contributed by atoms with Crippen LogP contribution >= 0.6 is 0 Å². The number of ether oxygens (including phenoxy) is 1. The lowest BCUT2D eigenvalue weighted by atomic mass is 10.1. The third-order valence-corrected chi connectivity index (χ3v) is 4.26. The van der Waals surface area contributed by atoms with Gasteiger partial charge in [-0.2, -0.15) is 4.98 Å². The number of carbonyl (C=O) groups is 1. The van der Waals surface area contributed by atoms with Crippen molar-refractivity contribution in [3.05, 3.63) is 59.6 Å². The summed E-state index contributed by atoms with van der Waals surface area (Å²) in [5, 5.41) is 8.62. The van der Waals surface area contributed by atoms with Gasteiger partial charge in [-0.3, -0.25) is 0 Å². The Morgan fingerprint density at radius 3 is 2.70 bits per heavy atom. The van der Waals surface area contributed by atoms with Crippen LogP contribution in [0.2, 0.25) is 0 Å². The number of rotatable bonds is 5. The summed E-state index contributed by atoms with van der Waals surface area (Å²) >= 11 is 0. The molecule has 4 rings (SSSR count). The van der Waals surface area contributed by atoms with Crippen molar-refractivity contribution >= 4 is 16.9 Å². The molecule has 0 aliphatic rings. The minimum Gasteiger partial charge on any atom is -0.490 e. The molecular weight excluding hydrogens is 386 g/mol. The van der Waals surface area contributed by atoms with Crippen LogP contribution in [0.3, 0.4) is 0 Å². The summed E-state index contributed by atoms with van der Waals surface area (Å²) in [6.07, 6.45) is 0. The van der Waals surface area contributed by atoms with Gasteiger partial charge in [-0.05, 0) is 31.1 Å². The standard InChI is InChI=1S/C22H19N3O5/c1-4-27-18-7-5-6-16-12-17(22(28-19(16)18)25-29-14(3)26)21-23-20(24-30-21)15-10-8-13(2)9-11-15/h5-12H,4H2,1-3H3/b25-22-. The summed E-state index contributed by atoms with van der Waals surface area (Å²) < 4.78 is 17.0. The first-order chi connectivity index (χ1) is 14.5. The second-order valence-corrected chi connectivity index (χ2v) is 6.54. The third kappa shape index (κ3) is 3.93. The number of para-hydroxylation sites is 1. The van der Waals surface area contributed by atoms with Gasteiger partial charge in [0.1, 0.15) is 5.56 Å². The van der Waals surface area contributed by atoms with Gasteiger partial charge in [0.15, 0.2) is 11.3 Å². The number of benzene rings is 2. The molecule has 0 radical (unpaired) electrons. The van der Waals surface area contributed by atoms with Crippen LogP contribution in [0.4, 0.5) is 0 Å². The maximum absolute atomic E-state index is 11.3. The molecule has 0 aliphatic heterocycles. The molecule has 8 heteroatoms. The van der Waals surface area contributed by atoms with E-state index in [4.69, 9.17) is 18.5 Å². The summed E-state index contributed by atoms with van der Waals surface area (Å²) in [6.45, 7) is 5.60. The van der Waals surface area contributed by atoms with Crippen LogP contribution in [0.15, 0.2) is 62.6 Å². The van der Waals surface area contributed by atoms with Crippen molar-refractivity contribution in [3.8, 4) is 28.6 Å². The number of aryl methyl sites for hydroxylation is 1. The predicted octanol–water partition coefficient (Wildman–Crippen LogP) is 4.24. The average molecular weight is 405 g/mol. The highest BCUT2D eigenvalue weighted by Crippen LogP contribution is 2.28. The number of fused-ring (bicyclic) bond motifs is 1. The van der Waals surface area contributed by atoms with E-state index in [0.29, 0.717) is 29.3 Å². The Labute approximate surface area is 171 Å². The van der Waals surface area contributed by atoms with E-state index in [0.717, 1.165) is 16.5 Å². The Bertz CT molecular complexity index is 1270. The Morgan fingerprint density at radius 2 is 1.97 bits per heavy atom. The molecule has 8 nitrogen and oxygen atoms in total. The van der Waals surface area contributed by atoms with E-state index in [2.05, 4.69) is 15.3 Å². The molecule has 0 saturated heterocycles. The van der Waals surface area contributed by atoms with Crippen molar-refractivity contribution in [2.24, 2.45) is 5.16 Å². The van der Waals surface area contributed by atoms with E-state index in [1.165, 1.54) is 6.92 Å². The van der Waals surface area contributed by atoms with Gasteiger partial charge in [-0.1, -0.05) is 47.1 Å². The molecule has 2 aromatic heterocycles. The topological polar surface area (TPSA) is 100.0 Å². The Kier molecular flexibility index (Phi) is 5.30. The lowest BCUT2D eigenvalue weighted by molar-refractivity contribution is -0.141. The minimum absolute atomic E-state index is 0.0176. The van der Waals surface area contributed by atoms with Gasteiger partial charge in [0, 0.05) is 17.9 Å². The summed E-state index contributed by atoms with van der Waals surface area (Å²) in [6, 6.07) is 15.0. The van der Waals surface area contributed by atoms with Crippen LogP contribution in [0.5, 0.6) is 5.75 Å². The summed E-state index contributed by atoms with van der Waals surface area (Å²) in [5.41, 5.74) is 2.81. The van der Waals surface area contributed by atoms with Crippen molar-refractivity contribution in [1.82, 2.24) is 10.1 Å². The normalized spacial score (nSPS) is 11.6. The molecule has 2 aromatic carbocycles. The van der Waals surface area contributed by atoms with Crippen LogP contribution in [-0.4, -0.2) is 22.7 Å². The first-order valence-electron chi connectivity index (χ1n) is 9.37. The molecule has 0 fully saturated rings. The van der Waals surface area contributed by atoms with Crippen LogP contribution in [0, 0.1) is 6.92 Å². The van der Waals surface area contributed by atoms with Gasteiger partial charge >= 0.3 is 5.97 Å². The quantitative estimate of drug-likeness (QED) is 0.362. The molecular formula is C22H19N3O5. The predicted molar refractivity (Wildman–Crippen MR) is 108 cm³/mol. The second kappa shape index (κ2) is 8.20. The maximum Gasteiger partial charge on any atom is 0.332 e. The third-order valence-electron chi connectivity index (χ3n) is 4.26. The smallest absolute Gasteiger partial charge is 0.332 e. The summed E-state index contributed by atoms with van der Waals surface area (Å²) in [7, 11) is 0. The zero-order chi connectivity index (χ0) is 21.1. The van der Waals surface area contributed by atoms with Gasteiger partial charge in [0.05, 0.1) is 6.61 Å². The highest BCUT2D eigenvalue weighted by Gasteiger charge is 2.17. The van der Waals surface area contributed by atoms with Crippen LogP contribution in [0.25, 0.3) is 33.8 Å². The fourth-order valence-electron chi connectivity index (χ4n) is 2.87. The molecule has 4 aromatic rings. The largest absolute Gasteiger partial charge is 0.490 e. The van der Waals surface area contributed by atoms with E-state index in [1.807, 2.05) is 50.2 Å². The van der Waals surface area contributed by atoms with Gasteiger partial charge < -0.3 is 18.5 Å². The van der Waals surface area contributed by atoms with E-state index in [1.54, 1.807) is 12.1 Å². The molecule has 152 valence electrons. The molecule has 0 atom stereocenters. The van der Waals surface area contributed by atoms with Crippen LogP contribution in [0.1, 0.15) is 19.4 Å². The highest BCUT2D eigenvalue weighted by molar-refractivity contribution is 5.85. The summed E-state index contributed by atoms with van der Waals surface area (Å²) in [4.78, 5) is 20.6. The summed E-state index contributed by atoms with van der Waals surface area (Å²) in [5.74, 6) is 0.572. The van der Waals surface area contributed by atoms with Crippen LogP contribution < -0.4 is 10.3 Å². The second-order valence-electron chi connectivity index (χ2n) is 6.54. The van der Waals surface area contributed by atoms with E-state index < -0.39 is 5.97 Å². The molecule has 2 heterocycles. The van der Waals surface area contributed by atoms with Crippen molar-refractivity contribution < 1.29 is 23.3 Å². The lowest BCUT2D eigenvalue weighted by Crippen LogP contribution is -2.09. The number of hydrogen-bond donors (Lipinski definition) is 0. The molecule has 0 saturated carbocycles. The fourth-order valence-corrected chi connectivity index (χ4v) is 2.87. The zero-order valence-corrected chi connectivity index (χ0v) is 16.7. The highest BCUT2D eigenvalue weighted by atomic mass is 16.7. The molecule has 0 aliphatic carbocycles. The van der Waals surface area contributed by atoms with Crippen LogP contribution in [-0.2, 0) is 9.63 Å². The van der Waals surface area contributed by atoms with Crippen molar-refractivity contribution in [2.45, 2.75) is 20.8 Å². The Morgan fingerprint density at radius 1 is 1.17 bits per heavy atom. The number of hydrogen-bond acceptors (Lipinski definition) is 8. The van der Waals surface area contributed by atoms with E-state index in [-0.39, 0.29) is 11.4 Å². The average Bonchev–Trinajstić information content (AvgIpc) is 3.22. The number of aromatic nitrogens is 2. The molecule has 0 N–H and O–H groups in total. The molecule has 30 heavy (non-hydrogen) atoms. The van der Waals surface area contributed by atoms with Crippen molar-refractivity contribution in [3.63, 3.8) is 0 Å². The lowest BCUT2D eigenvalue weighted by Gasteiger charge is -2.07. The fraction of sp³-hybridized carbons (Fsp3) is 0.182. The van der Waals surface area contributed by atoms with E-state index in [9.17, 15) is 4.79 Å². The minimum atomic E-state index is -0.583. The Balaban J connectivity index is 1.87. The van der Waals surface area contributed by atoms with Gasteiger partial charge in [-0.25, -0.2) is 4.79 Å². The monoisotopic (exact) mass is 405 g/mol.